The number of nitrogens with one attached hydrogen (secondary N) is 1. The van der Waals surface area contributed by atoms with Gasteiger partial charge < -0.3 is 10.2 Å². The van der Waals surface area contributed by atoms with Gasteiger partial charge >= 0.3 is 0 Å². The summed E-state index contributed by atoms with van der Waals surface area (Å²) in [5.41, 5.74) is 4.59. The average Bonchev–Trinajstić information content (AvgIpc) is 3.15. The van der Waals surface area contributed by atoms with Crippen LogP contribution >= 0.6 is 11.3 Å². The minimum absolute atomic E-state index is 0.161. The van der Waals surface area contributed by atoms with E-state index >= 15 is 0 Å². The Kier molecular flexibility index (Phi) is 3.00. The molecule has 0 saturated carbocycles. The lowest BCUT2D eigenvalue weighted by Gasteiger charge is -2.33. The molecule has 0 spiro atoms. The van der Waals surface area contributed by atoms with Crippen molar-refractivity contribution in [2.45, 2.75) is 25.8 Å². The molecule has 0 unspecified atom stereocenters. The van der Waals surface area contributed by atoms with Crippen LogP contribution in [0.15, 0.2) is 29.6 Å². The zero-order chi connectivity index (χ0) is 14.4. The van der Waals surface area contributed by atoms with Crippen molar-refractivity contribution in [3.8, 4) is 0 Å². The van der Waals surface area contributed by atoms with Gasteiger partial charge in [-0.05, 0) is 60.5 Å². The predicted molar refractivity (Wildman–Crippen MR) is 86.1 cm³/mol. The van der Waals surface area contributed by atoms with E-state index in [1.54, 1.807) is 0 Å². The van der Waals surface area contributed by atoms with Crippen LogP contribution in [-0.2, 0) is 12.8 Å². The van der Waals surface area contributed by atoms with E-state index in [1.165, 1.54) is 21.7 Å². The van der Waals surface area contributed by atoms with Crippen LogP contribution in [0.3, 0.4) is 0 Å². The van der Waals surface area contributed by atoms with Gasteiger partial charge in [0.2, 0.25) is 0 Å². The van der Waals surface area contributed by atoms with E-state index in [0.717, 1.165) is 31.5 Å². The summed E-state index contributed by atoms with van der Waals surface area (Å²) in [7, 11) is 0. The molecule has 4 heteroatoms. The number of nitrogens with zero attached hydrogens (tertiary/aromatic N) is 1. The second-order valence-corrected chi connectivity index (χ2v) is 6.77. The fourth-order valence-electron chi connectivity index (χ4n) is 3.39. The van der Waals surface area contributed by atoms with Crippen LogP contribution in [0.25, 0.3) is 0 Å². The summed E-state index contributed by atoms with van der Waals surface area (Å²) < 4.78 is 0. The Bertz CT molecular complexity index is 707. The van der Waals surface area contributed by atoms with Crippen molar-refractivity contribution in [1.29, 1.82) is 0 Å². The van der Waals surface area contributed by atoms with Crippen molar-refractivity contribution in [2.75, 3.05) is 18.4 Å². The quantitative estimate of drug-likeness (QED) is 0.874. The lowest BCUT2D eigenvalue weighted by molar-refractivity contribution is 0.0679. The maximum atomic E-state index is 12.9. The van der Waals surface area contributed by atoms with Gasteiger partial charge in [-0.1, -0.05) is 0 Å². The number of hydrogen-bond donors (Lipinski definition) is 1. The molecule has 1 aromatic carbocycles. The zero-order valence-electron chi connectivity index (χ0n) is 12.1. The first kappa shape index (κ1) is 12.9. The zero-order valence-corrected chi connectivity index (χ0v) is 12.9. The lowest BCUT2D eigenvalue weighted by atomic mass is 9.99. The molecule has 2 aromatic rings. The van der Waals surface area contributed by atoms with E-state index in [4.69, 9.17) is 0 Å². The Morgan fingerprint density at radius 1 is 1.33 bits per heavy atom. The maximum Gasteiger partial charge on any atom is 0.254 e. The van der Waals surface area contributed by atoms with Crippen molar-refractivity contribution < 1.29 is 4.79 Å². The summed E-state index contributed by atoms with van der Waals surface area (Å²) in [4.78, 5) is 16.3. The Balaban J connectivity index is 1.63. The molecule has 21 heavy (non-hydrogen) atoms. The van der Waals surface area contributed by atoms with Gasteiger partial charge in [0.15, 0.2) is 0 Å². The van der Waals surface area contributed by atoms with Crippen LogP contribution in [0.5, 0.6) is 0 Å². The van der Waals surface area contributed by atoms with Gasteiger partial charge in [-0.25, -0.2) is 0 Å². The van der Waals surface area contributed by atoms with Gasteiger partial charge in [0.25, 0.3) is 5.91 Å². The number of anilines is 1. The van der Waals surface area contributed by atoms with Gasteiger partial charge in [0, 0.05) is 29.2 Å². The van der Waals surface area contributed by atoms with E-state index in [1.807, 2.05) is 28.4 Å². The summed E-state index contributed by atoms with van der Waals surface area (Å²) in [6.07, 6.45) is 2.00. The topological polar surface area (TPSA) is 32.3 Å². The Morgan fingerprint density at radius 2 is 2.24 bits per heavy atom. The summed E-state index contributed by atoms with van der Waals surface area (Å²) in [5.74, 6) is 0.161. The van der Waals surface area contributed by atoms with Crippen molar-refractivity contribution in [2.24, 2.45) is 0 Å². The standard InChI is InChI=1S/C17H18N2OS/c1-11-14-6-9-21-16(14)5-8-19(11)17(20)13-2-3-15-12(10-13)4-7-18-15/h2-3,6,9-11,18H,4-5,7-8H2,1H3/t11-/m1/s1. The van der Waals surface area contributed by atoms with E-state index in [-0.39, 0.29) is 11.9 Å². The molecule has 1 aromatic heterocycles. The molecule has 0 saturated heterocycles. The molecule has 3 heterocycles. The van der Waals surface area contributed by atoms with Crippen LogP contribution in [0.1, 0.15) is 39.3 Å². The lowest BCUT2D eigenvalue weighted by Crippen LogP contribution is -2.38. The first-order chi connectivity index (χ1) is 10.2. The Labute approximate surface area is 128 Å². The molecule has 1 atom stereocenters. The van der Waals surface area contributed by atoms with Crippen molar-refractivity contribution in [3.05, 3.63) is 51.2 Å². The highest BCUT2D eigenvalue weighted by atomic mass is 32.1. The van der Waals surface area contributed by atoms with E-state index in [0.29, 0.717) is 0 Å². The molecule has 0 radical (unpaired) electrons. The SMILES string of the molecule is C[C@@H]1c2ccsc2CCN1C(=O)c1ccc2c(c1)CCN2. The van der Waals surface area contributed by atoms with E-state index in [9.17, 15) is 4.79 Å². The summed E-state index contributed by atoms with van der Waals surface area (Å²) in [5, 5.41) is 5.48. The second kappa shape index (κ2) is 4.88. The number of amides is 1. The van der Waals surface area contributed by atoms with Gasteiger partial charge in [0.1, 0.15) is 0 Å². The average molecular weight is 298 g/mol. The third kappa shape index (κ3) is 2.05. The fraction of sp³-hybridized carbons (Fsp3) is 0.353. The molecular formula is C17H18N2OS. The number of rotatable bonds is 1. The highest BCUT2D eigenvalue weighted by molar-refractivity contribution is 7.10. The molecule has 4 rings (SSSR count). The first-order valence-electron chi connectivity index (χ1n) is 7.48. The van der Waals surface area contributed by atoms with Crippen LogP contribution in [-0.4, -0.2) is 23.9 Å². The third-order valence-corrected chi connectivity index (χ3v) is 5.60. The van der Waals surface area contributed by atoms with Gasteiger partial charge in [-0.2, -0.15) is 0 Å². The van der Waals surface area contributed by atoms with Gasteiger partial charge in [-0.3, -0.25) is 4.79 Å². The van der Waals surface area contributed by atoms with Crippen molar-refractivity contribution in [1.82, 2.24) is 4.90 Å². The fourth-order valence-corrected chi connectivity index (χ4v) is 4.35. The van der Waals surface area contributed by atoms with Crippen molar-refractivity contribution in [3.63, 3.8) is 0 Å². The maximum absolute atomic E-state index is 12.9. The molecule has 1 amide bonds. The largest absolute Gasteiger partial charge is 0.384 e. The Morgan fingerprint density at radius 3 is 3.14 bits per heavy atom. The third-order valence-electron chi connectivity index (χ3n) is 4.60. The number of benzene rings is 1. The summed E-state index contributed by atoms with van der Waals surface area (Å²) in [6, 6.07) is 8.40. The van der Waals surface area contributed by atoms with Crippen LogP contribution in [0.2, 0.25) is 0 Å². The number of carbonyl (C=O) groups is 1. The summed E-state index contributed by atoms with van der Waals surface area (Å²) >= 11 is 1.81. The molecule has 108 valence electrons. The monoisotopic (exact) mass is 298 g/mol. The highest BCUT2D eigenvalue weighted by Crippen LogP contribution is 2.34. The molecular weight excluding hydrogens is 280 g/mol. The number of hydrogen-bond acceptors (Lipinski definition) is 3. The predicted octanol–water partition coefficient (Wildman–Crippen LogP) is 3.48. The molecule has 1 N–H and O–H groups in total. The number of fused-ring (bicyclic) bond motifs is 2. The first-order valence-corrected chi connectivity index (χ1v) is 8.36. The van der Waals surface area contributed by atoms with Gasteiger partial charge in [0.05, 0.1) is 6.04 Å². The minimum Gasteiger partial charge on any atom is -0.384 e. The van der Waals surface area contributed by atoms with Gasteiger partial charge in [-0.15, -0.1) is 11.3 Å². The molecule has 0 aliphatic carbocycles. The molecule has 2 aliphatic rings. The minimum atomic E-state index is 0.161. The van der Waals surface area contributed by atoms with E-state index in [2.05, 4.69) is 29.8 Å². The van der Waals surface area contributed by atoms with Crippen molar-refractivity contribution >= 4 is 22.9 Å². The van der Waals surface area contributed by atoms with Crippen LogP contribution in [0.4, 0.5) is 5.69 Å². The second-order valence-electron chi connectivity index (χ2n) is 5.77. The van der Waals surface area contributed by atoms with Crippen LogP contribution in [0, 0.1) is 0 Å². The molecule has 2 aliphatic heterocycles. The highest BCUT2D eigenvalue weighted by Gasteiger charge is 2.29. The molecule has 0 fully saturated rings. The summed E-state index contributed by atoms with van der Waals surface area (Å²) in [6.45, 7) is 3.94. The number of carbonyl (C=O) groups excluding carboxylic acids is 1. The smallest absolute Gasteiger partial charge is 0.254 e. The molecule has 0 bridgehead atoms. The van der Waals surface area contributed by atoms with E-state index < -0.39 is 0 Å². The Hall–Kier alpha value is -1.81. The normalized spacial score (nSPS) is 19.9. The molecule has 3 nitrogen and oxygen atoms in total. The number of thiophene rings is 1. The van der Waals surface area contributed by atoms with Crippen LogP contribution < -0.4 is 5.32 Å².